The lowest BCUT2D eigenvalue weighted by Gasteiger charge is -2.19. The summed E-state index contributed by atoms with van der Waals surface area (Å²) in [4.78, 5) is 22.7. The molecule has 0 unspecified atom stereocenters. The van der Waals surface area contributed by atoms with E-state index in [1.807, 2.05) is 0 Å². The first-order valence-corrected chi connectivity index (χ1v) is 6.13. The molecule has 110 valence electrons. The normalized spacial score (nSPS) is 10.6. The number of carbonyl (C=O) groups is 2. The molecule has 1 aromatic rings. The summed E-state index contributed by atoms with van der Waals surface area (Å²) in [7, 11) is 0. The molecule has 0 saturated heterocycles. The predicted octanol–water partition coefficient (Wildman–Crippen LogP) is 1.51. The number of benzene rings is 1. The van der Waals surface area contributed by atoms with E-state index in [0.29, 0.717) is 12.2 Å². The zero-order chi connectivity index (χ0) is 15.2. The summed E-state index contributed by atoms with van der Waals surface area (Å²) in [6.45, 7) is 5.51. The number of hydrogen-bond acceptors (Lipinski definition) is 4. The van der Waals surface area contributed by atoms with E-state index < -0.39 is 17.7 Å². The van der Waals surface area contributed by atoms with Crippen LogP contribution in [0.2, 0.25) is 0 Å². The Bertz CT molecular complexity index is 465. The lowest BCUT2D eigenvalue weighted by molar-refractivity contribution is 0.0505. The van der Waals surface area contributed by atoms with Gasteiger partial charge in [0.25, 0.3) is 0 Å². The quantitative estimate of drug-likeness (QED) is 0.486. The van der Waals surface area contributed by atoms with Crippen LogP contribution >= 0.6 is 0 Å². The maximum Gasteiger partial charge on any atom is 0.426 e. The highest BCUT2D eigenvalue weighted by Gasteiger charge is 2.16. The van der Waals surface area contributed by atoms with Crippen molar-refractivity contribution in [2.45, 2.75) is 32.9 Å². The third-order valence-corrected chi connectivity index (χ3v) is 2.11. The molecule has 3 amide bonds. The second-order valence-electron chi connectivity index (χ2n) is 5.18. The summed E-state index contributed by atoms with van der Waals surface area (Å²) in [6, 6.07) is 6.56. The molecule has 0 aliphatic heterocycles. The van der Waals surface area contributed by atoms with Crippen molar-refractivity contribution in [3.8, 4) is 0 Å². The number of nitrogens with one attached hydrogen (secondary N) is 3. The van der Waals surface area contributed by atoms with Crippen molar-refractivity contribution in [2.24, 2.45) is 0 Å². The van der Waals surface area contributed by atoms with Gasteiger partial charge in [0.05, 0.1) is 0 Å². The monoisotopic (exact) mass is 280 g/mol. The van der Waals surface area contributed by atoms with Crippen LogP contribution in [0.1, 0.15) is 26.3 Å². The lowest BCUT2D eigenvalue weighted by Crippen LogP contribution is -2.48. The van der Waals surface area contributed by atoms with Crippen LogP contribution in [0.3, 0.4) is 0 Å². The maximum absolute atomic E-state index is 11.4. The summed E-state index contributed by atoms with van der Waals surface area (Å²) in [5.74, 6) is 0. The number of carbonyl (C=O) groups excluding carboxylic acids is 2. The highest BCUT2D eigenvalue weighted by molar-refractivity contribution is 5.77. The van der Waals surface area contributed by atoms with Gasteiger partial charge in [0.1, 0.15) is 5.60 Å². The van der Waals surface area contributed by atoms with Crippen LogP contribution in [-0.2, 0) is 11.3 Å². The Morgan fingerprint density at radius 2 is 1.75 bits per heavy atom. The van der Waals surface area contributed by atoms with E-state index in [-0.39, 0.29) is 0 Å². The molecule has 0 bridgehead atoms. The van der Waals surface area contributed by atoms with Gasteiger partial charge in [-0.25, -0.2) is 20.4 Å². The molecule has 0 atom stereocenters. The van der Waals surface area contributed by atoms with E-state index in [1.165, 1.54) is 0 Å². The number of rotatable bonds is 2. The summed E-state index contributed by atoms with van der Waals surface area (Å²) in [6.07, 6.45) is -0.722. The molecular formula is C13H20N4O3. The van der Waals surface area contributed by atoms with E-state index in [4.69, 9.17) is 10.5 Å². The molecule has 0 heterocycles. The molecule has 0 spiro atoms. The molecule has 0 fully saturated rings. The minimum absolute atomic E-state index is 0.322. The number of hydrogen-bond donors (Lipinski definition) is 4. The molecule has 5 N–H and O–H groups in total. The van der Waals surface area contributed by atoms with Gasteiger partial charge in [-0.3, -0.25) is 0 Å². The van der Waals surface area contributed by atoms with Crippen molar-refractivity contribution in [3.05, 3.63) is 29.8 Å². The van der Waals surface area contributed by atoms with Crippen LogP contribution in [0.4, 0.5) is 15.3 Å². The first-order chi connectivity index (χ1) is 9.26. The van der Waals surface area contributed by atoms with Gasteiger partial charge < -0.3 is 15.8 Å². The van der Waals surface area contributed by atoms with Crippen molar-refractivity contribution in [1.29, 1.82) is 0 Å². The molecule has 0 aliphatic carbocycles. The van der Waals surface area contributed by atoms with Gasteiger partial charge in [0.2, 0.25) is 0 Å². The Morgan fingerprint density at radius 3 is 2.30 bits per heavy atom. The average Bonchev–Trinajstić information content (AvgIpc) is 2.33. The fourth-order valence-electron chi connectivity index (χ4n) is 1.27. The Morgan fingerprint density at radius 1 is 1.15 bits per heavy atom. The summed E-state index contributed by atoms with van der Waals surface area (Å²) in [5.41, 5.74) is 10.8. The fourth-order valence-corrected chi connectivity index (χ4v) is 1.27. The van der Waals surface area contributed by atoms with E-state index in [2.05, 4.69) is 16.2 Å². The average molecular weight is 280 g/mol. The number of nitrogens with two attached hydrogens (primary N) is 1. The third-order valence-electron chi connectivity index (χ3n) is 2.11. The first kappa shape index (κ1) is 15.6. The van der Waals surface area contributed by atoms with E-state index >= 15 is 0 Å². The zero-order valence-corrected chi connectivity index (χ0v) is 11.8. The largest absolute Gasteiger partial charge is 0.443 e. The Hall–Kier alpha value is -2.44. The number of ether oxygens (including phenoxy) is 1. The molecule has 7 nitrogen and oxygen atoms in total. The summed E-state index contributed by atoms with van der Waals surface area (Å²) in [5, 5.41) is 2.58. The molecule has 0 radical (unpaired) electrons. The third kappa shape index (κ3) is 6.48. The molecule has 0 aliphatic rings. The molecule has 0 saturated carbocycles. The van der Waals surface area contributed by atoms with Gasteiger partial charge in [-0.15, -0.1) is 0 Å². The van der Waals surface area contributed by atoms with Crippen LogP contribution < -0.4 is 21.9 Å². The second-order valence-corrected chi connectivity index (χ2v) is 5.18. The van der Waals surface area contributed by atoms with Crippen molar-refractivity contribution in [1.82, 2.24) is 16.2 Å². The van der Waals surface area contributed by atoms with Crippen LogP contribution in [0, 0.1) is 0 Å². The van der Waals surface area contributed by atoms with Crippen LogP contribution in [-0.4, -0.2) is 17.7 Å². The molecule has 1 aromatic carbocycles. The SMILES string of the molecule is CC(C)(C)OC(=O)NNC(=O)NCc1ccc(N)cc1. The summed E-state index contributed by atoms with van der Waals surface area (Å²) >= 11 is 0. The number of amides is 3. The number of anilines is 1. The van der Waals surface area contributed by atoms with Gasteiger partial charge >= 0.3 is 12.1 Å². The number of urea groups is 1. The Kier molecular flexibility index (Phi) is 5.19. The molecule has 0 aromatic heterocycles. The molecule has 1 rings (SSSR count). The van der Waals surface area contributed by atoms with Gasteiger partial charge in [-0.05, 0) is 38.5 Å². The maximum atomic E-state index is 11.4. The van der Waals surface area contributed by atoms with Crippen LogP contribution in [0.5, 0.6) is 0 Å². The van der Waals surface area contributed by atoms with Gasteiger partial charge in [0, 0.05) is 12.2 Å². The second kappa shape index (κ2) is 6.65. The fraction of sp³-hybridized carbons (Fsp3) is 0.385. The highest BCUT2D eigenvalue weighted by atomic mass is 16.6. The van der Waals surface area contributed by atoms with Gasteiger partial charge in [-0.2, -0.15) is 0 Å². The molecule has 7 heteroatoms. The molecule has 20 heavy (non-hydrogen) atoms. The summed E-state index contributed by atoms with van der Waals surface area (Å²) < 4.78 is 4.96. The Labute approximate surface area is 117 Å². The first-order valence-electron chi connectivity index (χ1n) is 6.13. The topological polar surface area (TPSA) is 105 Å². The van der Waals surface area contributed by atoms with Crippen molar-refractivity contribution in [3.63, 3.8) is 0 Å². The van der Waals surface area contributed by atoms with E-state index in [9.17, 15) is 9.59 Å². The van der Waals surface area contributed by atoms with Crippen LogP contribution in [0.15, 0.2) is 24.3 Å². The van der Waals surface area contributed by atoms with E-state index in [0.717, 1.165) is 5.56 Å². The zero-order valence-electron chi connectivity index (χ0n) is 11.8. The molecular weight excluding hydrogens is 260 g/mol. The van der Waals surface area contributed by atoms with Crippen molar-refractivity contribution in [2.75, 3.05) is 5.73 Å². The standard InChI is InChI=1S/C13H20N4O3/c1-13(2,3)20-12(19)17-16-11(18)15-8-9-4-6-10(14)7-5-9/h4-7H,8,14H2,1-3H3,(H,17,19)(H2,15,16,18). The highest BCUT2D eigenvalue weighted by Crippen LogP contribution is 2.06. The van der Waals surface area contributed by atoms with Gasteiger partial charge in [0.15, 0.2) is 0 Å². The number of hydrazine groups is 1. The predicted molar refractivity (Wildman–Crippen MR) is 75.6 cm³/mol. The lowest BCUT2D eigenvalue weighted by atomic mass is 10.2. The van der Waals surface area contributed by atoms with Crippen LogP contribution in [0.25, 0.3) is 0 Å². The Balaban J connectivity index is 2.27. The van der Waals surface area contributed by atoms with E-state index in [1.54, 1.807) is 45.0 Å². The minimum Gasteiger partial charge on any atom is -0.443 e. The minimum atomic E-state index is -0.722. The van der Waals surface area contributed by atoms with Crippen molar-refractivity contribution >= 4 is 17.8 Å². The number of nitrogen functional groups attached to an aromatic ring is 1. The van der Waals surface area contributed by atoms with Gasteiger partial charge in [-0.1, -0.05) is 12.1 Å². The smallest absolute Gasteiger partial charge is 0.426 e. The van der Waals surface area contributed by atoms with Crippen molar-refractivity contribution < 1.29 is 14.3 Å².